The molecule has 0 bridgehead atoms. The number of hydrogen-bond donors (Lipinski definition) is 1. The van der Waals surface area contributed by atoms with Crippen molar-refractivity contribution in [2.45, 2.75) is 18.7 Å². The number of fused-ring (bicyclic) bond motifs is 1. The lowest BCUT2D eigenvalue weighted by Crippen LogP contribution is -2.26. The molecule has 0 radical (unpaired) electrons. The largest absolute Gasteiger partial charge is 0.435 e. The molecule has 0 fully saturated rings. The predicted molar refractivity (Wildman–Crippen MR) is 39.6 cm³/mol. The van der Waals surface area contributed by atoms with Crippen LogP contribution >= 0.6 is 0 Å². The van der Waals surface area contributed by atoms with E-state index in [2.05, 4.69) is 10.2 Å². The summed E-state index contributed by atoms with van der Waals surface area (Å²) in [5.74, 6) is 0. The summed E-state index contributed by atoms with van der Waals surface area (Å²) < 4.78 is 36.6. The van der Waals surface area contributed by atoms with Crippen LogP contribution in [0.3, 0.4) is 0 Å². The number of halogens is 3. The molecule has 6 heteroatoms. The number of alkyl halides is 3. The van der Waals surface area contributed by atoms with Gasteiger partial charge in [-0.3, -0.25) is 0 Å². The van der Waals surface area contributed by atoms with Crippen molar-refractivity contribution in [1.82, 2.24) is 0 Å². The minimum atomic E-state index is -4.48. The molecule has 1 unspecified atom stereocenters. The fourth-order valence-electron chi connectivity index (χ4n) is 1.33. The Morgan fingerprint density at radius 3 is 2.69 bits per heavy atom. The van der Waals surface area contributed by atoms with Crippen molar-refractivity contribution in [3.8, 4) is 0 Å². The molecule has 13 heavy (non-hydrogen) atoms. The molecule has 70 valence electrons. The van der Waals surface area contributed by atoms with Crippen molar-refractivity contribution in [1.29, 1.82) is 0 Å². The summed E-state index contributed by atoms with van der Waals surface area (Å²) in [5.41, 5.74) is -1.04. The van der Waals surface area contributed by atoms with Crippen LogP contribution in [0.5, 0.6) is 0 Å². The average molecular weight is 190 g/mol. The van der Waals surface area contributed by atoms with Gasteiger partial charge in [0.1, 0.15) is 11.8 Å². The number of nitrogens with zero attached hydrogens (tertiary/aromatic N) is 2. The first-order valence-electron chi connectivity index (χ1n) is 3.62. The second-order valence-corrected chi connectivity index (χ2v) is 2.80. The van der Waals surface area contributed by atoms with Crippen molar-refractivity contribution in [3.63, 3.8) is 0 Å². The Morgan fingerprint density at radius 1 is 1.38 bits per heavy atom. The van der Waals surface area contributed by atoms with Gasteiger partial charge >= 0.3 is 6.18 Å². The van der Waals surface area contributed by atoms with E-state index in [1.807, 2.05) is 0 Å². The normalized spacial score (nSPS) is 26.8. The quantitative estimate of drug-likeness (QED) is 0.609. The molecular weight excluding hydrogens is 185 g/mol. The Hall–Kier alpha value is -1.17. The van der Waals surface area contributed by atoms with E-state index in [1.54, 1.807) is 0 Å². The molecular formula is C7H5F3N2O. The molecule has 0 spiro atoms. The number of hydrogen-bond acceptors (Lipinski definition) is 3. The zero-order valence-corrected chi connectivity index (χ0v) is 6.34. The number of aliphatic hydroxyl groups excluding tert-OH is 1. The maximum absolute atomic E-state index is 12.2. The minimum Gasteiger partial charge on any atom is -0.386 e. The second kappa shape index (κ2) is 2.41. The van der Waals surface area contributed by atoms with Gasteiger partial charge in [0.25, 0.3) is 0 Å². The van der Waals surface area contributed by atoms with Gasteiger partial charge in [-0.2, -0.15) is 18.3 Å². The van der Waals surface area contributed by atoms with E-state index in [-0.39, 0.29) is 17.7 Å². The molecule has 1 aliphatic carbocycles. The summed E-state index contributed by atoms with van der Waals surface area (Å²) in [5, 5.41) is 15.4. The smallest absolute Gasteiger partial charge is 0.386 e. The maximum Gasteiger partial charge on any atom is 0.435 e. The molecule has 0 saturated carbocycles. The Morgan fingerprint density at radius 2 is 2.08 bits per heavy atom. The first-order chi connectivity index (χ1) is 6.00. The fraction of sp³-hybridized carbons (Fsp3) is 0.429. The van der Waals surface area contributed by atoms with Gasteiger partial charge in [-0.25, -0.2) is 0 Å². The molecule has 0 aromatic heterocycles. The first-order valence-corrected chi connectivity index (χ1v) is 3.62. The van der Waals surface area contributed by atoms with Crippen molar-refractivity contribution < 1.29 is 18.3 Å². The molecule has 0 saturated heterocycles. The summed E-state index contributed by atoms with van der Waals surface area (Å²) in [6.45, 7) is 0. The zero-order chi connectivity index (χ0) is 9.64. The number of rotatable bonds is 0. The molecule has 1 N–H and O–H groups in total. The van der Waals surface area contributed by atoms with Crippen molar-refractivity contribution in [3.05, 3.63) is 11.6 Å². The zero-order valence-electron chi connectivity index (χ0n) is 6.34. The second-order valence-electron chi connectivity index (χ2n) is 2.80. The van der Waals surface area contributed by atoms with Gasteiger partial charge in [0.05, 0.1) is 0 Å². The van der Waals surface area contributed by atoms with Gasteiger partial charge < -0.3 is 5.11 Å². The highest BCUT2D eigenvalue weighted by atomic mass is 19.4. The third-order valence-electron chi connectivity index (χ3n) is 1.92. The van der Waals surface area contributed by atoms with Crippen LogP contribution < -0.4 is 0 Å². The minimum absolute atomic E-state index is 0.0346. The predicted octanol–water partition coefficient (Wildman–Crippen LogP) is 1.05. The van der Waals surface area contributed by atoms with Gasteiger partial charge in [0, 0.05) is 5.57 Å². The third kappa shape index (κ3) is 1.17. The van der Waals surface area contributed by atoms with Crippen LogP contribution in [0, 0.1) is 0 Å². The van der Waals surface area contributed by atoms with Crippen LogP contribution in [0.2, 0.25) is 0 Å². The lowest BCUT2D eigenvalue weighted by atomic mass is 10.1. The summed E-state index contributed by atoms with van der Waals surface area (Å²) in [6, 6.07) is 0. The van der Waals surface area contributed by atoms with Gasteiger partial charge in [0.2, 0.25) is 0 Å². The van der Waals surface area contributed by atoms with Crippen LogP contribution in [-0.4, -0.2) is 28.8 Å². The lowest BCUT2D eigenvalue weighted by molar-refractivity contribution is -0.0579. The van der Waals surface area contributed by atoms with E-state index >= 15 is 0 Å². The van der Waals surface area contributed by atoms with Gasteiger partial charge in [-0.1, -0.05) is 6.08 Å². The van der Waals surface area contributed by atoms with Gasteiger partial charge in [-0.05, 0) is 6.42 Å². The standard InChI is InChI=1S/C7H5F3N2O/c8-7(9,10)6-3-1-2-4(13)5(3)11-12-6/h1,4,13H,2H2. The Kier molecular flexibility index (Phi) is 1.56. The third-order valence-corrected chi connectivity index (χ3v) is 1.92. The molecule has 1 heterocycles. The molecule has 2 rings (SSSR count). The Bertz CT molecular complexity index is 340. The average Bonchev–Trinajstić information content (AvgIpc) is 2.51. The van der Waals surface area contributed by atoms with Gasteiger partial charge in [-0.15, -0.1) is 5.10 Å². The summed E-state index contributed by atoms with van der Waals surface area (Å²) in [4.78, 5) is 0. The van der Waals surface area contributed by atoms with Crippen molar-refractivity contribution in [2.75, 3.05) is 0 Å². The van der Waals surface area contributed by atoms with Crippen molar-refractivity contribution in [2.24, 2.45) is 10.2 Å². The highest BCUT2D eigenvalue weighted by molar-refractivity contribution is 6.30. The monoisotopic (exact) mass is 190 g/mol. The van der Waals surface area contributed by atoms with Crippen LogP contribution in [0.1, 0.15) is 6.42 Å². The summed E-state index contributed by atoms with van der Waals surface area (Å²) in [6.07, 6.45) is -3.92. The molecule has 3 nitrogen and oxygen atoms in total. The van der Waals surface area contributed by atoms with Crippen molar-refractivity contribution >= 4 is 11.4 Å². The van der Waals surface area contributed by atoms with Gasteiger partial charge in [0.15, 0.2) is 5.71 Å². The summed E-state index contributed by atoms with van der Waals surface area (Å²) in [7, 11) is 0. The van der Waals surface area contributed by atoms with E-state index in [9.17, 15) is 13.2 Å². The topological polar surface area (TPSA) is 45.0 Å². The first kappa shape index (κ1) is 8.43. The van der Waals surface area contributed by atoms with E-state index in [0.29, 0.717) is 0 Å². The van der Waals surface area contributed by atoms with Crippen LogP contribution in [-0.2, 0) is 0 Å². The highest BCUT2D eigenvalue weighted by Gasteiger charge is 2.45. The van der Waals surface area contributed by atoms with E-state index < -0.39 is 18.0 Å². The maximum atomic E-state index is 12.2. The molecule has 1 atom stereocenters. The molecule has 1 aliphatic heterocycles. The van der Waals surface area contributed by atoms with E-state index in [0.717, 1.165) is 0 Å². The fourth-order valence-corrected chi connectivity index (χ4v) is 1.33. The number of aliphatic hydroxyl groups is 1. The molecule has 2 aliphatic rings. The molecule has 0 aromatic carbocycles. The lowest BCUT2D eigenvalue weighted by Gasteiger charge is -2.05. The van der Waals surface area contributed by atoms with Crippen LogP contribution in [0.15, 0.2) is 21.9 Å². The van der Waals surface area contributed by atoms with Crippen LogP contribution in [0.25, 0.3) is 0 Å². The Labute approximate surface area is 71.3 Å². The van der Waals surface area contributed by atoms with E-state index in [1.165, 1.54) is 6.08 Å². The van der Waals surface area contributed by atoms with E-state index in [4.69, 9.17) is 5.11 Å². The highest BCUT2D eigenvalue weighted by Crippen LogP contribution is 2.31. The van der Waals surface area contributed by atoms with Crippen LogP contribution in [0.4, 0.5) is 13.2 Å². The summed E-state index contributed by atoms with van der Waals surface area (Å²) >= 11 is 0. The molecule has 0 aromatic rings. The Balaban J connectivity index is 2.33. The molecule has 0 amide bonds. The SMILES string of the molecule is OC1CC=C2C1=NN=C2C(F)(F)F.